The van der Waals surface area contributed by atoms with Gasteiger partial charge in [0.1, 0.15) is 6.04 Å². The molecule has 1 saturated heterocycles. The summed E-state index contributed by atoms with van der Waals surface area (Å²) >= 11 is 0. The molecule has 3 rings (SSSR count). The summed E-state index contributed by atoms with van der Waals surface area (Å²) in [6, 6.07) is 0.162. The second-order valence-electron chi connectivity index (χ2n) is 6.31. The van der Waals surface area contributed by atoms with Crippen LogP contribution in [0.3, 0.4) is 0 Å². The van der Waals surface area contributed by atoms with Crippen LogP contribution in [0.1, 0.15) is 57.8 Å². The molecule has 3 aliphatic rings. The van der Waals surface area contributed by atoms with E-state index in [0.29, 0.717) is 6.04 Å². The fourth-order valence-corrected chi connectivity index (χ4v) is 3.41. The Bertz CT molecular complexity index is 359. The summed E-state index contributed by atoms with van der Waals surface area (Å²) in [5.41, 5.74) is 0. The van der Waals surface area contributed by atoms with Crippen molar-refractivity contribution in [1.29, 1.82) is 0 Å². The standard InChI is InChI=1S/C15H24N2O2/c18-14(16-12-5-2-1-3-6-12)13-7-4-10-17(13)15(19)11-8-9-11/h11-13H,1-10H2,(H,16,18)/t13-/m1/s1. The van der Waals surface area contributed by atoms with Gasteiger partial charge < -0.3 is 10.2 Å². The fraction of sp³-hybridized carbons (Fsp3) is 0.867. The number of nitrogens with zero attached hydrogens (tertiary/aromatic N) is 1. The zero-order valence-corrected chi connectivity index (χ0v) is 11.6. The van der Waals surface area contributed by atoms with Crippen LogP contribution in [-0.4, -0.2) is 35.3 Å². The zero-order chi connectivity index (χ0) is 13.2. The highest BCUT2D eigenvalue weighted by atomic mass is 16.2. The van der Waals surface area contributed by atoms with Crippen LogP contribution in [0, 0.1) is 5.92 Å². The van der Waals surface area contributed by atoms with Crippen molar-refractivity contribution < 1.29 is 9.59 Å². The molecular formula is C15H24N2O2. The second kappa shape index (κ2) is 5.51. The van der Waals surface area contributed by atoms with Crippen LogP contribution >= 0.6 is 0 Å². The van der Waals surface area contributed by atoms with Crippen molar-refractivity contribution in [2.45, 2.75) is 69.9 Å². The number of rotatable bonds is 3. The highest BCUT2D eigenvalue weighted by molar-refractivity contribution is 5.90. The lowest BCUT2D eigenvalue weighted by molar-refractivity contribution is -0.139. The molecule has 3 fully saturated rings. The third-order valence-electron chi connectivity index (χ3n) is 4.72. The predicted octanol–water partition coefficient (Wildman–Crippen LogP) is 1.84. The van der Waals surface area contributed by atoms with E-state index in [9.17, 15) is 9.59 Å². The Morgan fingerprint density at radius 2 is 1.63 bits per heavy atom. The van der Waals surface area contributed by atoms with Crippen molar-refractivity contribution in [3.63, 3.8) is 0 Å². The van der Waals surface area contributed by atoms with Gasteiger partial charge in [-0.05, 0) is 38.5 Å². The van der Waals surface area contributed by atoms with Crippen molar-refractivity contribution in [2.75, 3.05) is 6.54 Å². The number of hydrogen-bond acceptors (Lipinski definition) is 2. The number of carbonyl (C=O) groups excluding carboxylic acids is 2. The molecule has 0 aromatic heterocycles. The summed E-state index contributed by atoms with van der Waals surface area (Å²) in [5.74, 6) is 0.544. The van der Waals surface area contributed by atoms with Crippen LogP contribution in [0.5, 0.6) is 0 Å². The van der Waals surface area contributed by atoms with Crippen LogP contribution in [0.15, 0.2) is 0 Å². The van der Waals surface area contributed by atoms with Gasteiger partial charge in [0.2, 0.25) is 11.8 Å². The average molecular weight is 264 g/mol. The Kier molecular flexibility index (Phi) is 3.76. The molecule has 0 aromatic carbocycles. The highest BCUT2D eigenvalue weighted by Crippen LogP contribution is 2.33. The molecule has 0 aromatic rings. The largest absolute Gasteiger partial charge is 0.352 e. The number of amides is 2. The van der Waals surface area contributed by atoms with Crippen LogP contribution in [0.4, 0.5) is 0 Å². The molecule has 0 spiro atoms. The number of likely N-dealkylation sites (tertiary alicyclic amines) is 1. The van der Waals surface area contributed by atoms with Gasteiger partial charge in [-0.15, -0.1) is 0 Å². The van der Waals surface area contributed by atoms with Gasteiger partial charge in [-0.1, -0.05) is 19.3 Å². The van der Waals surface area contributed by atoms with Crippen molar-refractivity contribution in [3.05, 3.63) is 0 Å². The molecule has 0 bridgehead atoms. The molecule has 0 radical (unpaired) electrons. The molecule has 0 unspecified atom stereocenters. The normalized spacial score (nSPS) is 28.4. The minimum Gasteiger partial charge on any atom is -0.352 e. The molecule has 1 aliphatic heterocycles. The summed E-state index contributed by atoms with van der Waals surface area (Å²) in [4.78, 5) is 26.4. The van der Waals surface area contributed by atoms with E-state index in [1.165, 1.54) is 19.3 Å². The van der Waals surface area contributed by atoms with Crippen LogP contribution in [-0.2, 0) is 9.59 Å². The number of hydrogen-bond donors (Lipinski definition) is 1. The van der Waals surface area contributed by atoms with Gasteiger partial charge in [-0.3, -0.25) is 9.59 Å². The first kappa shape index (κ1) is 12.9. The van der Waals surface area contributed by atoms with Gasteiger partial charge in [-0.25, -0.2) is 0 Å². The van der Waals surface area contributed by atoms with Crippen molar-refractivity contribution in [1.82, 2.24) is 10.2 Å². The third kappa shape index (κ3) is 2.93. The topological polar surface area (TPSA) is 49.4 Å². The van der Waals surface area contributed by atoms with Crippen molar-refractivity contribution in [3.8, 4) is 0 Å². The summed E-state index contributed by atoms with van der Waals surface area (Å²) in [6.07, 6.45) is 9.81. The molecule has 4 heteroatoms. The molecule has 4 nitrogen and oxygen atoms in total. The van der Waals surface area contributed by atoms with Crippen LogP contribution < -0.4 is 5.32 Å². The maximum atomic E-state index is 12.4. The van der Waals surface area contributed by atoms with Crippen molar-refractivity contribution in [2.24, 2.45) is 5.92 Å². The van der Waals surface area contributed by atoms with Crippen molar-refractivity contribution >= 4 is 11.8 Å². The Labute approximate surface area is 114 Å². The van der Waals surface area contributed by atoms with Crippen LogP contribution in [0.2, 0.25) is 0 Å². The predicted molar refractivity (Wildman–Crippen MR) is 72.5 cm³/mol. The zero-order valence-electron chi connectivity index (χ0n) is 11.6. The summed E-state index contributed by atoms with van der Waals surface area (Å²) in [7, 11) is 0. The third-order valence-corrected chi connectivity index (χ3v) is 4.72. The van der Waals surface area contributed by atoms with Gasteiger partial charge in [-0.2, -0.15) is 0 Å². The van der Waals surface area contributed by atoms with Gasteiger partial charge in [0.15, 0.2) is 0 Å². The Morgan fingerprint density at radius 3 is 2.32 bits per heavy atom. The first-order valence-electron chi connectivity index (χ1n) is 7.86. The minimum atomic E-state index is -0.185. The van der Waals surface area contributed by atoms with Gasteiger partial charge in [0, 0.05) is 18.5 Å². The molecule has 2 amide bonds. The lowest BCUT2D eigenvalue weighted by Crippen LogP contribution is -2.49. The smallest absolute Gasteiger partial charge is 0.243 e. The minimum absolute atomic E-state index is 0.0957. The SMILES string of the molecule is O=C(NC1CCCCC1)[C@H]1CCCN1C(=O)C1CC1. The molecule has 106 valence electrons. The molecule has 2 saturated carbocycles. The van der Waals surface area contributed by atoms with E-state index in [1.54, 1.807) is 0 Å². The lowest BCUT2D eigenvalue weighted by atomic mass is 9.95. The monoisotopic (exact) mass is 264 g/mol. The molecule has 1 heterocycles. The summed E-state index contributed by atoms with van der Waals surface area (Å²) in [6.45, 7) is 0.776. The summed E-state index contributed by atoms with van der Waals surface area (Å²) < 4.78 is 0. The molecular weight excluding hydrogens is 240 g/mol. The van der Waals surface area contributed by atoms with Gasteiger partial charge in [0.25, 0.3) is 0 Å². The maximum Gasteiger partial charge on any atom is 0.243 e. The maximum absolute atomic E-state index is 12.4. The quantitative estimate of drug-likeness (QED) is 0.845. The fourth-order valence-electron chi connectivity index (χ4n) is 3.41. The Balaban J connectivity index is 1.56. The molecule has 1 N–H and O–H groups in total. The lowest BCUT2D eigenvalue weighted by Gasteiger charge is -2.28. The molecule has 19 heavy (non-hydrogen) atoms. The Morgan fingerprint density at radius 1 is 0.895 bits per heavy atom. The van der Waals surface area contributed by atoms with E-state index in [1.807, 2.05) is 4.90 Å². The molecule has 2 aliphatic carbocycles. The van der Waals surface area contributed by atoms with Crippen LogP contribution in [0.25, 0.3) is 0 Å². The highest BCUT2D eigenvalue weighted by Gasteiger charge is 2.41. The van der Waals surface area contributed by atoms with E-state index in [4.69, 9.17) is 0 Å². The van der Waals surface area contributed by atoms with E-state index in [2.05, 4.69) is 5.32 Å². The van der Waals surface area contributed by atoms with E-state index in [0.717, 1.165) is 45.1 Å². The number of nitrogens with one attached hydrogen (secondary N) is 1. The average Bonchev–Trinajstić information content (AvgIpc) is 3.16. The summed E-state index contributed by atoms with van der Waals surface area (Å²) in [5, 5.41) is 3.17. The molecule has 1 atom stereocenters. The number of carbonyl (C=O) groups is 2. The second-order valence-corrected chi connectivity index (χ2v) is 6.31. The van der Waals surface area contributed by atoms with Gasteiger partial charge in [0.05, 0.1) is 0 Å². The van der Waals surface area contributed by atoms with E-state index >= 15 is 0 Å². The van der Waals surface area contributed by atoms with Gasteiger partial charge >= 0.3 is 0 Å². The first-order chi connectivity index (χ1) is 9.25. The Hall–Kier alpha value is -1.06. The van der Waals surface area contributed by atoms with E-state index < -0.39 is 0 Å². The van der Waals surface area contributed by atoms with E-state index in [-0.39, 0.29) is 23.8 Å². The first-order valence-corrected chi connectivity index (χ1v) is 7.86.